The monoisotopic (exact) mass is 240 g/mol. The lowest BCUT2D eigenvalue weighted by molar-refractivity contribution is 0.0513. The van der Waals surface area contributed by atoms with Crippen molar-refractivity contribution in [3.05, 3.63) is 0 Å². The van der Waals surface area contributed by atoms with Crippen LogP contribution in [0.5, 0.6) is 0 Å². The molecule has 0 aromatic carbocycles. The SMILES string of the molecule is CCCCC(CC)(CN)N(CC)CC1CCC1. The predicted octanol–water partition coefficient (Wildman–Crippen LogP) is 3.41. The van der Waals surface area contributed by atoms with Gasteiger partial charge in [0, 0.05) is 18.6 Å². The topological polar surface area (TPSA) is 29.3 Å². The molecule has 0 heterocycles. The largest absolute Gasteiger partial charge is 0.329 e. The van der Waals surface area contributed by atoms with Gasteiger partial charge in [-0.1, -0.05) is 40.0 Å². The molecule has 17 heavy (non-hydrogen) atoms. The van der Waals surface area contributed by atoms with Gasteiger partial charge in [0.1, 0.15) is 0 Å². The fourth-order valence-corrected chi connectivity index (χ4v) is 3.09. The predicted molar refractivity (Wildman–Crippen MR) is 76.2 cm³/mol. The van der Waals surface area contributed by atoms with E-state index in [4.69, 9.17) is 5.73 Å². The average molecular weight is 240 g/mol. The van der Waals surface area contributed by atoms with Gasteiger partial charge in [-0.25, -0.2) is 0 Å². The van der Waals surface area contributed by atoms with Crippen molar-refractivity contribution in [1.29, 1.82) is 0 Å². The molecule has 0 bridgehead atoms. The maximum Gasteiger partial charge on any atom is 0.0329 e. The Morgan fingerprint density at radius 2 is 1.94 bits per heavy atom. The lowest BCUT2D eigenvalue weighted by Crippen LogP contribution is -2.55. The Bertz CT molecular complexity index is 195. The molecule has 0 radical (unpaired) electrons. The standard InChI is InChI=1S/C15H32N2/c1-4-7-11-15(5-2,13-16)17(6-3)12-14-9-8-10-14/h14H,4-13,16H2,1-3H3. The van der Waals surface area contributed by atoms with Gasteiger partial charge in [-0.3, -0.25) is 4.90 Å². The number of hydrogen-bond donors (Lipinski definition) is 1. The van der Waals surface area contributed by atoms with Crippen LogP contribution < -0.4 is 5.73 Å². The molecule has 0 aromatic rings. The van der Waals surface area contributed by atoms with Crippen molar-refractivity contribution >= 4 is 0 Å². The molecular weight excluding hydrogens is 208 g/mol. The molecule has 1 unspecified atom stereocenters. The van der Waals surface area contributed by atoms with Gasteiger partial charge in [0.25, 0.3) is 0 Å². The van der Waals surface area contributed by atoms with E-state index in [0.717, 1.165) is 19.0 Å². The zero-order chi connectivity index (χ0) is 12.7. The first-order chi connectivity index (χ1) is 8.22. The number of unbranched alkanes of at least 4 members (excludes halogenated alkanes) is 1. The van der Waals surface area contributed by atoms with Crippen molar-refractivity contribution in [2.45, 2.75) is 71.3 Å². The number of nitrogens with two attached hydrogens (primary N) is 1. The Labute approximate surface area is 108 Å². The molecule has 1 rings (SSSR count). The molecule has 102 valence electrons. The normalized spacial score (nSPS) is 20.3. The van der Waals surface area contributed by atoms with Crippen LogP contribution in [0, 0.1) is 5.92 Å². The van der Waals surface area contributed by atoms with E-state index in [1.54, 1.807) is 0 Å². The van der Waals surface area contributed by atoms with Crippen LogP contribution in [0.15, 0.2) is 0 Å². The minimum absolute atomic E-state index is 0.278. The first-order valence-electron chi connectivity index (χ1n) is 7.67. The van der Waals surface area contributed by atoms with Crippen LogP contribution >= 0.6 is 0 Å². The lowest BCUT2D eigenvalue weighted by atomic mass is 9.81. The van der Waals surface area contributed by atoms with Crippen LogP contribution in [0.1, 0.15) is 65.7 Å². The molecule has 1 saturated carbocycles. The summed E-state index contributed by atoms with van der Waals surface area (Å²) in [6, 6.07) is 0. The summed E-state index contributed by atoms with van der Waals surface area (Å²) in [5.74, 6) is 0.953. The average Bonchev–Trinajstić information content (AvgIpc) is 2.31. The third kappa shape index (κ3) is 3.69. The van der Waals surface area contributed by atoms with Gasteiger partial charge in [0.05, 0.1) is 0 Å². The summed E-state index contributed by atoms with van der Waals surface area (Å²) in [6.45, 7) is 10.1. The summed E-state index contributed by atoms with van der Waals surface area (Å²) >= 11 is 0. The van der Waals surface area contributed by atoms with Crippen LogP contribution in [0.2, 0.25) is 0 Å². The fraction of sp³-hybridized carbons (Fsp3) is 1.00. The quantitative estimate of drug-likeness (QED) is 0.669. The smallest absolute Gasteiger partial charge is 0.0329 e. The van der Waals surface area contributed by atoms with Gasteiger partial charge in [-0.2, -0.15) is 0 Å². The van der Waals surface area contributed by atoms with Gasteiger partial charge in [-0.05, 0) is 38.1 Å². The van der Waals surface area contributed by atoms with E-state index in [1.807, 2.05) is 0 Å². The van der Waals surface area contributed by atoms with Crippen molar-refractivity contribution in [3.8, 4) is 0 Å². The van der Waals surface area contributed by atoms with Gasteiger partial charge < -0.3 is 5.73 Å². The molecular formula is C15H32N2. The van der Waals surface area contributed by atoms with E-state index in [0.29, 0.717) is 0 Å². The molecule has 0 aliphatic heterocycles. The number of rotatable bonds is 9. The Morgan fingerprint density at radius 1 is 1.24 bits per heavy atom. The van der Waals surface area contributed by atoms with Crippen LogP contribution in [0.3, 0.4) is 0 Å². The van der Waals surface area contributed by atoms with Crippen LogP contribution in [-0.4, -0.2) is 30.1 Å². The fourth-order valence-electron chi connectivity index (χ4n) is 3.09. The van der Waals surface area contributed by atoms with E-state index in [9.17, 15) is 0 Å². The molecule has 2 nitrogen and oxygen atoms in total. The van der Waals surface area contributed by atoms with E-state index < -0.39 is 0 Å². The Balaban J connectivity index is 2.61. The minimum Gasteiger partial charge on any atom is -0.329 e. The van der Waals surface area contributed by atoms with Gasteiger partial charge in [0.2, 0.25) is 0 Å². The summed E-state index contributed by atoms with van der Waals surface area (Å²) in [5, 5.41) is 0. The van der Waals surface area contributed by atoms with E-state index in [1.165, 1.54) is 51.5 Å². The third-order valence-electron chi connectivity index (χ3n) is 4.79. The van der Waals surface area contributed by atoms with Gasteiger partial charge in [-0.15, -0.1) is 0 Å². The Kier molecular flexibility index (Phi) is 6.50. The summed E-state index contributed by atoms with van der Waals surface area (Å²) in [7, 11) is 0. The highest BCUT2D eigenvalue weighted by molar-refractivity contribution is 4.92. The van der Waals surface area contributed by atoms with Crippen molar-refractivity contribution in [2.24, 2.45) is 11.7 Å². The summed E-state index contributed by atoms with van der Waals surface area (Å²) < 4.78 is 0. The number of nitrogens with zero attached hydrogens (tertiary/aromatic N) is 1. The molecule has 0 aromatic heterocycles. The lowest BCUT2D eigenvalue weighted by Gasteiger charge is -2.45. The first kappa shape index (κ1) is 15.0. The number of hydrogen-bond acceptors (Lipinski definition) is 2. The summed E-state index contributed by atoms with van der Waals surface area (Å²) in [4.78, 5) is 2.69. The highest BCUT2D eigenvalue weighted by Gasteiger charge is 2.34. The summed E-state index contributed by atoms with van der Waals surface area (Å²) in [6.07, 6.45) is 9.39. The molecule has 0 amide bonds. The molecule has 2 N–H and O–H groups in total. The van der Waals surface area contributed by atoms with Crippen molar-refractivity contribution in [3.63, 3.8) is 0 Å². The Hall–Kier alpha value is -0.0800. The van der Waals surface area contributed by atoms with Crippen molar-refractivity contribution in [2.75, 3.05) is 19.6 Å². The van der Waals surface area contributed by atoms with Crippen molar-refractivity contribution in [1.82, 2.24) is 4.90 Å². The van der Waals surface area contributed by atoms with Gasteiger partial charge in [0.15, 0.2) is 0 Å². The molecule has 1 atom stereocenters. The molecule has 1 fully saturated rings. The number of likely N-dealkylation sites (N-methyl/N-ethyl adjacent to an activating group) is 1. The maximum atomic E-state index is 6.13. The van der Waals surface area contributed by atoms with Gasteiger partial charge >= 0.3 is 0 Å². The molecule has 0 saturated heterocycles. The molecule has 2 heteroatoms. The van der Waals surface area contributed by atoms with E-state index in [-0.39, 0.29) is 5.54 Å². The molecule has 1 aliphatic rings. The second-order valence-corrected chi connectivity index (χ2v) is 5.72. The second kappa shape index (κ2) is 7.38. The second-order valence-electron chi connectivity index (χ2n) is 5.72. The maximum absolute atomic E-state index is 6.13. The van der Waals surface area contributed by atoms with E-state index >= 15 is 0 Å². The Morgan fingerprint density at radius 3 is 2.29 bits per heavy atom. The van der Waals surface area contributed by atoms with Crippen LogP contribution in [0.4, 0.5) is 0 Å². The van der Waals surface area contributed by atoms with Crippen LogP contribution in [0.25, 0.3) is 0 Å². The third-order valence-corrected chi connectivity index (χ3v) is 4.79. The summed E-state index contributed by atoms with van der Waals surface area (Å²) in [5.41, 5.74) is 6.41. The molecule has 1 aliphatic carbocycles. The van der Waals surface area contributed by atoms with Crippen LogP contribution in [-0.2, 0) is 0 Å². The van der Waals surface area contributed by atoms with Crippen molar-refractivity contribution < 1.29 is 0 Å². The zero-order valence-corrected chi connectivity index (χ0v) is 12.2. The zero-order valence-electron chi connectivity index (χ0n) is 12.2. The highest BCUT2D eigenvalue weighted by Crippen LogP contribution is 2.32. The minimum atomic E-state index is 0.278. The molecule has 0 spiro atoms. The first-order valence-corrected chi connectivity index (χ1v) is 7.67. The van der Waals surface area contributed by atoms with E-state index in [2.05, 4.69) is 25.7 Å². The highest BCUT2D eigenvalue weighted by atomic mass is 15.2.